The number of amides is 2. The summed E-state index contributed by atoms with van der Waals surface area (Å²) in [6.07, 6.45) is 5.87. The maximum absolute atomic E-state index is 12.8. The summed E-state index contributed by atoms with van der Waals surface area (Å²) >= 11 is 1.61. The molecule has 2 unspecified atom stereocenters. The molecule has 0 spiro atoms. The molecule has 0 saturated carbocycles. The van der Waals surface area contributed by atoms with Gasteiger partial charge in [-0.3, -0.25) is 9.59 Å². The highest BCUT2D eigenvalue weighted by Crippen LogP contribution is 2.37. The number of carbonyl (C=O) groups is 2. The third-order valence-corrected chi connectivity index (χ3v) is 5.61. The van der Waals surface area contributed by atoms with E-state index in [0.717, 1.165) is 36.2 Å². The summed E-state index contributed by atoms with van der Waals surface area (Å²) in [5.74, 6) is 0.258. The van der Waals surface area contributed by atoms with Crippen molar-refractivity contribution >= 4 is 23.2 Å². The van der Waals surface area contributed by atoms with Crippen LogP contribution in [0.25, 0.3) is 0 Å². The Balaban J connectivity index is 1.90. The summed E-state index contributed by atoms with van der Waals surface area (Å²) in [6.45, 7) is 4.69. The quantitative estimate of drug-likeness (QED) is 0.803. The number of unbranched alkanes of at least 4 members (excludes halogenated alkanes) is 1. The maximum Gasteiger partial charge on any atom is 0.244 e. The number of hydrogen-bond acceptors (Lipinski definition) is 4. The number of hydrogen-bond donors (Lipinski definition) is 2. The Morgan fingerprint density at radius 2 is 2.23 bits per heavy atom. The van der Waals surface area contributed by atoms with E-state index >= 15 is 0 Å². The zero-order chi connectivity index (χ0) is 18.7. The van der Waals surface area contributed by atoms with Crippen molar-refractivity contribution in [3.8, 4) is 0 Å². The zero-order valence-corrected chi connectivity index (χ0v) is 16.3. The van der Waals surface area contributed by atoms with Gasteiger partial charge in [0, 0.05) is 6.42 Å². The number of allylic oxidation sites excluding steroid dienone is 1. The van der Waals surface area contributed by atoms with Gasteiger partial charge in [0.15, 0.2) is 0 Å². The number of nitrogens with one attached hydrogen (secondary N) is 1. The number of nitrogens with two attached hydrogens (primary N) is 1. The molecule has 2 amide bonds. The number of nitrogens with zero attached hydrogens (tertiary/aromatic N) is 1. The van der Waals surface area contributed by atoms with Crippen LogP contribution in [0.2, 0.25) is 0 Å². The van der Waals surface area contributed by atoms with Crippen LogP contribution in [0.3, 0.4) is 0 Å². The van der Waals surface area contributed by atoms with Gasteiger partial charge >= 0.3 is 0 Å². The maximum atomic E-state index is 12.8. The Morgan fingerprint density at radius 1 is 1.42 bits per heavy atom. The fourth-order valence-electron chi connectivity index (χ4n) is 3.65. The van der Waals surface area contributed by atoms with Crippen LogP contribution in [0.4, 0.5) is 0 Å². The third-order valence-electron chi connectivity index (χ3n) is 4.88. The predicted octanol–water partition coefficient (Wildman–Crippen LogP) is 3.29. The standard InChI is InChI=1S/C20H27N3O2S/c1-3-4-5-18(24)22-17-9-13(2)8-15-10-16(21)20(25)23(19(15)17)11-14-6-7-26-12-14/h6-7,9,12-13,16H,3-5,8,10-11,21H2,1-2H3,(H,22,24). The molecule has 0 bridgehead atoms. The van der Waals surface area contributed by atoms with Crippen molar-refractivity contribution < 1.29 is 9.59 Å². The zero-order valence-electron chi connectivity index (χ0n) is 15.5. The summed E-state index contributed by atoms with van der Waals surface area (Å²) in [7, 11) is 0. The fourth-order valence-corrected chi connectivity index (χ4v) is 4.31. The minimum atomic E-state index is -0.505. The molecular weight excluding hydrogens is 346 g/mol. The van der Waals surface area contributed by atoms with E-state index < -0.39 is 6.04 Å². The molecule has 5 nitrogen and oxygen atoms in total. The van der Waals surface area contributed by atoms with Gasteiger partial charge in [-0.1, -0.05) is 26.3 Å². The first-order chi connectivity index (χ1) is 12.5. The second-order valence-electron chi connectivity index (χ2n) is 7.23. The molecule has 1 aliphatic carbocycles. The minimum absolute atomic E-state index is 0.0110. The first-order valence-corrected chi connectivity index (χ1v) is 10.3. The normalized spacial score (nSPS) is 23.0. The summed E-state index contributed by atoms with van der Waals surface area (Å²) in [4.78, 5) is 26.9. The molecule has 3 rings (SSSR count). The fraction of sp³-hybridized carbons (Fsp3) is 0.500. The average molecular weight is 374 g/mol. The summed E-state index contributed by atoms with van der Waals surface area (Å²) in [5, 5.41) is 7.11. The van der Waals surface area contributed by atoms with Gasteiger partial charge in [0.05, 0.1) is 24.0 Å². The van der Waals surface area contributed by atoms with Crippen molar-refractivity contribution in [3.63, 3.8) is 0 Å². The third kappa shape index (κ3) is 4.07. The van der Waals surface area contributed by atoms with Crippen LogP contribution in [0.5, 0.6) is 0 Å². The molecule has 2 heterocycles. The van der Waals surface area contributed by atoms with Crippen LogP contribution < -0.4 is 11.1 Å². The topological polar surface area (TPSA) is 75.4 Å². The van der Waals surface area contributed by atoms with Crippen molar-refractivity contribution in [2.75, 3.05) is 0 Å². The van der Waals surface area contributed by atoms with Crippen molar-refractivity contribution in [1.82, 2.24) is 10.2 Å². The number of thiophene rings is 1. The van der Waals surface area contributed by atoms with E-state index in [1.165, 1.54) is 5.57 Å². The Hall–Kier alpha value is -1.92. The molecule has 0 fully saturated rings. The Kier molecular flexibility index (Phi) is 5.94. The van der Waals surface area contributed by atoms with Gasteiger partial charge in [-0.15, -0.1) is 0 Å². The summed E-state index contributed by atoms with van der Waals surface area (Å²) in [6, 6.07) is 1.52. The van der Waals surface area contributed by atoms with Gasteiger partial charge in [-0.25, -0.2) is 0 Å². The van der Waals surface area contributed by atoms with Crippen molar-refractivity contribution in [2.24, 2.45) is 11.7 Å². The lowest BCUT2D eigenvalue weighted by Gasteiger charge is -2.39. The van der Waals surface area contributed by atoms with Crippen molar-refractivity contribution in [2.45, 2.75) is 58.5 Å². The van der Waals surface area contributed by atoms with Gasteiger partial charge in [-0.2, -0.15) is 11.3 Å². The van der Waals surface area contributed by atoms with Crippen LogP contribution in [0, 0.1) is 5.92 Å². The molecule has 2 aliphatic rings. The Labute approximate surface area is 158 Å². The summed E-state index contributed by atoms with van der Waals surface area (Å²) in [5.41, 5.74) is 10.0. The number of carbonyl (C=O) groups excluding carboxylic acids is 2. The van der Waals surface area contributed by atoms with E-state index in [1.807, 2.05) is 16.8 Å². The van der Waals surface area contributed by atoms with E-state index in [2.05, 4.69) is 25.2 Å². The van der Waals surface area contributed by atoms with E-state index in [9.17, 15) is 9.59 Å². The van der Waals surface area contributed by atoms with E-state index in [4.69, 9.17) is 5.73 Å². The molecule has 1 aliphatic heterocycles. The van der Waals surface area contributed by atoms with Gasteiger partial charge in [0.2, 0.25) is 11.8 Å². The van der Waals surface area contributed by atoms with E-state index in [0.29, 0.717) is 25.3 Å². The largest absolute Gasteiger partial charge is 0.325 e. The molecule has 26 heavy (non-hydrogen) atoms. The molecule has 2 atom stereocenters. The van der Waals surface area contributed by atoms with E-state index in [-0.39, 0.29) is 11.8 Å². The SMILES string of the molecule is CCCCC(=O)NC1=CC(C)CC2=C1N(Cc1ccsc1)C(=O)C(N)C2. The second kappa shape index (κ2) is 8.18. The first-order valence-electron chi connectivity index (χ1n) is 9.31. The molecule has 6 heteroatoms. The monoisotopic (exact) mass is 373 g/mol. The van der Waals surface area contributed by atoms with Crippen molar-refractivity contribution in [3.05, 3.63) is 45.4 Å². The molecule has 1 aromatic rings. The van der Waals surface area contributed by atoms with Crippen LogP contribution in [-0.4, -0.2) is 22.8 Å². The van der Waals surface area contributed by atoms with Gasteiger partial charge in [0.1, 0.15) is 0 Å². The lowest BCUT2D eigenvalue weighted by molar-refractivity contribution is -0.132. The van der Waals surface area contributed by atoms with Crippen LogP contribution in [0.15, 0.2) is 39.9 Å². The van der Waals surface area contributed by atoms with Crippen LogP contribution in [0.1, 0.15) is 51.5 Å². The van der Waals surface area contributed by atoms with Crippen LogP contribution >= 0.6 is 11.3 Å². The molecule has 0 radical (unpaired) electrons. The lowest BCUT2D eigenvalue weighted by atomic mass is 9.84. The van der Waals surface area contributed by atoms with Crippen LogP contribution in [-0.2, 0) is 16.1 Å². The van der Waals surface area contributed by atoms with E-state index in [1.54, 1.807) is 16.2 Å². The smallest absolute Gasteiger partial charge is 0.244 e. The molecule has 140 valence electrons. The highest BCUT2D eigenvalue weighted by Gasteiger charge is 2.36. The Bertz CT molecular complexity index is 736. The van der Waals surface area contributed by atoms with Gasteiger partial charge in [-0.05, 0) is 53.1 Å². The molecule has 0 aromatic carbocycles. The molecule has 1 aromatic heterocycles. The second-order valence-corrected chi connectivity index (χ2v) is 8.01. The number of rotatable bonds is 6. The van der Waals surface area contributed by atoms with Gasteiger partial charge in [0.25, 0.3) is 0 Å². The minimum Gasteiger partial charge on any atom is -0.325 e. The summed E-state index contributed by atoms with van der Waals surface area (Å²) < 4.78 is 0. The highest BCUT2D eigenvalue weighted by molar-refractivity contribution is 7.07. The molecular formula is C20H27N3O2S. The highest BCUT2D eigenvalue weighted by atomic mass is 32.1. The molecule has 3 N–H and O–H groups in total. The lowest BCUT2D eigenvalue weighted by Crippen LogP contribution is -2.49. The van der Waals surface area contributed by atoms with Gasteiger partial charge < -0.3 is 16.0 Å². The first kappa shape index (κ1) is 18.9. The average Bonchev–Trinajstić information content (AvgIpc) is 3.10. The Morgan fingerprint density at radius 3 is 2.92 bits per heavy atom. The van der Waals surface area contributed by atoms with Crippen molar-refractivity contribution in [1.29, 1.82) is 0 Å². The molecule has 0 saturated heterocycles. The predicted molar refractivity (Wildman–Crippen MR) is 104 cm³/mol.